The first-order valence-electron chi connectivity index (χ1n) is 8.23. The summed E-state index contributed by atoms with van der Waals surface area (Å²) in [5, 5.41) is 12.1. The molecule has 0 spiro atoms. The van der Waals surface area contributed by atoms with E-state index in [4.69, 9.17) is 4.74 Å². The molecule has 6 nitrogen and oxygen atoms in total. The molecule has 1 aliphatic rings. The molecule has 1 aliphatic heterocycles. The molecular formula is C20H19N3O3. The number of nitriles is 1. The summed E-state index contributed by atoms with van der Waals surface area (Å²) in [6.45, 7) is 5.45. The summed E-state index contributed by atoms with van der Waals surface area (Å²) in [5.74, 6) is 0.413. The minimum atomic E-state index is -0.742. The first-order valence-corrected chi connectivity index (χ1v) is 8.23. The third-order valence-electron chi connectivity index (χ3n) is 4.32. The molecule has 26 heavy (non-hydrogen) atoms. The highest BCUT2D eigenvalue weighted by molar-refractivity contribution is 5.79. The average molecular weight is 349 g/mol. The summed E-state index contributed by atoms with van der Waals surface area (Å²) in [5.41, 5.74) is 1.56. The van der Waals surface area contributed by atoms with E-state index >= 15 is 0 Å². The van der Waals surface area contributed by atoms with Gasteiger partial charge in [-0.25, -0.2) is 0 Å². The zero-order valence-electron chi connectivity index (χ0n) is 14.9. The molecule has 0 radical (unpaired) electrons. The second-order valence-corrected chi connectivity index (χ2v) is 6.58. The van der Waals surface area contributed by atoms with E-state index in [1.807, 2.05) is 13.8 Å². The number of hydrogen-bond acceptors (Lipinski definition) is 4. The van der Waals surface area contributed by atoms with Crippen LogP contribution in [0.25, 0.3) is 5.70 Å². The summed E-state index contributed by atoms with van der Waals surface area (Å²) in [6.07, 6.45) is 1.68. The van der Waals surface area contributed by atoms with Gasteiger partial charge in [0.2, 0.25) is 5.91 Å². The van der Waals surface area contributed by atoms with E-state index < -0.39 is 5.60 Å². The highest BCUT2D eigenvalue weighted by atomic mass is 16.5. The van der Waals surface area contributed by atoms with Gasteiger partial charge in [-0.1, -0.05) is 6.07 Å². The zero-order chi connectivity index (χ0) is 18.9. The molecule has 1 aromatic carbocycles. The number of carbonyl (C=O) groups excluding carboxylic acids is 1. The fourth-order valence-corrected chi connectivity index (χ4v) is 3.05. The Morgan fingerprint density at radius 3 is 2.73 bits per heavy atom. The molecule has 0 unspecified atom stereocenters. The number of aromatic nitrogens is 1. The van der Waals surface area contributed by atoms with Gasteiger partial charge in [0, 0.05) is 36.9 Å². The second kappa shape index (κ2) is 6.52. The molecule has 0 saturated heterocycles. The van der Waals surface area contributed by atoms with E-state index in [9.17, 15) is 14.9 Å². The Bertz CT molecular complexity index is 1010. The molecule has 0 bridgehead atoms. The van der Waals surface area contributed by atoms with E-state index in [1.165, 1.54) is 17.6 Å². The highest BCUT2D eigenvalue weighted by Gasteiger charge is 2.36. The summed E-state index contributed by atoms with van der Waals surface area (Å²) >= 11 is 0. The lowest BCUT2D eigenvalue weighted by atomic mass is 9.88. The molecule has 2 aromatic rings. The number of ether oxygens (including phenoxy) is 1. The lowest BCUT2D eigenvalue weighted by Gasteiger charge is -2.37. The Morgan fingerprint density at radius 2 is 2.08 bits per heavy atom. The first-order chi connectivity index (χ1) is 12.3. The van der Waals surface area contributed by atoms with Crippen molar-refractivity contribution in [2.24, 2.45) is 0 Å². The van der Waals surface area contributed by atoms with Crippen LogP contribution < -0.4 is 15.6 Å². The van der Waals surface area contributed by atoms with Gasteiger partial charge in [0.15, 0.2) is 0 Å². The molecule has 1 N–H and O–H groups in total. The number of pyridine rings is 1. The van der Waals surface area contributed by atoms with Crippen LogP contribution in [0.2, 0.25) is 0 Å². The Labute approximate surface area is 151 Å². The number of nitrogens with zero attached hydrogens (tertiary/aromatic N) is 2. The van der Waals surface area contributed by atoms with E-state index in [0.717, 1.165) is 5.57 Å². The Balaban J connectivity index is 2.34. The molecule has 1 aromatic heterocycles. The van der Waals surface area contributed by atoms with Crippen molar-refractivity contribution in [2.45, 2.75) is 26.4 Å². The predicted molar refractivity (Wildman–Crippen MR) is 97.6 cm³/mol. The third-order valence-corrected chi connectivity index (χ3v) is 4.32. The Hall–Kier alpha value is -3.33. The van der Waals surface area contributed by atoms with Crippen molar-refractivity contribution >= 4 is 11.6 Å². The maximum absolute atomic E-state index is 12.5. The number of rotatable bonds is 3. The van der Waals surface area contributed by atoms with Crippen LogP contribution in [0.1, 0.15) is 31.9 Å². The topological polar surface area (TPSA) is 84.1 Å². The van der Waals surface area contributed by atoms with Gasteiger partial charge in [0.05, 0.1) is 17.3 Å². The number of carbonyl (C=O) groups is 1. The van der Waals surface area contributed by atoms with Crippen molar-refractivity contribution in [3.05, 3.63) is 69.6 Å². The SMILES string of the molecule is CC(=O)NCC1=C(n2ccccc2=O)c2cc(C#N)ccc2OC1(C)C. The van der Waals surface area contributed by atoms with Crippen LogP contribution in [0.4, 0.5) is 0 Å². The molecule has 0 saturated carbocycles. The van der Waals surface area contributed by atoms with Crippen LogP contribution >= 0.6 is 0 Å². The van der Waals surface area contributed by atoms with Crippen molar-refractivity contribution in [1.82, 2.24) is 9.88 Å². The van der Waals surface area contributed by atoms with Crippen LogP contribution in [-0.2, 0) is 4.79 Å². The molecule has 0 fully saturated rings. The maximum Gasteiger partial charge on any atom is 0.255 e. The monoisotopic (exact) mass is 349 g/mol. The molecule has 3 rings (SSSR count). The van der Waals surface area contributed by atoms with E-state index in [2.05, 4.69) is 11.4 Å². The van der Waals surface area contributed by atoms with Crippen LogP contribution in [0.3, 0.4) is 0 Å². The molecule has 0 atom stereocenters. The zero-order valence-corrected chi connectivity index (χ0v) is 14.9. The van der Waals surface area contributed by atoms with Crippen molar-refractivity contribution in [3.8, 4) is 11.8 Å². The van der Waals surface area contributed by atoms with Gasteiger partial charge in [-0.3, -0.25) is 14.2 Å². The summed E-state index contributed by atoms with van der Waals surface area (Å²) in [7, 11) is 0. The first kappa shape index (κ1) is 17.5. The minimum absolute atomic E-state index is 0.176. The van der Waals surface area contributed by atoms with E-state index in [-0.39, 0.29) is 18.0 Å². The number of amides is 1. The fourth-order valence-electron chi connectivity index (χ4n) is 3.05. The second-order valence-electron chi connectivity index (χ2n) is 6.58. The van der Waals surface area contributed by atoms with Crippen LogP contribution in [0.15, 0.2) is 53.0 Å². The maximum atomic E-state index is 12.5. The van der Waals surface area contributed by atoms with Gasteiger partial charge in [-0.2, -0.15) is 5.26 Å². The van der Waals surface area contributed by atoms with E-state index in [0.29, 0.717) is 22.6 Å². The lowest BCUT2D eigenvalue weighted by molar-refractivity contribution is -0.118. The molecule has 6 heteroatoms. The number of fused-ring (bicyclic) bond motifs is 1. The number of benzene rings is 1. The minimum Gasteiger partial charge on any atom is -0.483 e. The Kier molecular flexibility index (Phi) is 4.39. The quantitative estimate of drug-likeness (QED) is 0.921. The highest BCUT2D eigenvalue weighted by Crippen LogP contribution is 2.41. The van der Waals surface area contributed by atoms with Gasteiger partial charge < -0.3 is 10.1 Å². The van der Waals surface area contributed by atoms with E-state index in [1.54, 1.807) is 36.5 Å². The molecule has 0 aliphatic carbocycles. The van der Waals surface area contributed by atoms with Crippen LogP contribution in [0, 0.1) is 11.3 Å². The average Bonchev–Trinajstić information content (AvgIpc) is 2.59. The molecule has 132 valence electrons. The molecule has 2 heterocycles. The molecule has 1 amide bonds. The number of nitrogens with one attached hydrogen (secondary N) is 1. The van der Waals surface area contributed by atoms with Crippen LogP contribution in [0.5, 0.6) is 5.75 Å². The van der Waals surface area contributed by atoms with Gasteiger partial charge in [-0.15, -0.1) is 0 Å². The van der Waals surface area contributed by atoms with Gasteiger partial charge in [0.1, 0.15) is 11.4 Å². The summed E-state index contributed by atoms with van der Waals surface area (Å²) in [4.78, 5) is 24.0. The van der Waals surface area contributed by atoms with Crippen LogP contribution in [-0.4, -0.2) is 22.6 Å². The van der Waals surface area contributed by atoms with Crippen molar-refractivity contribution in [3.63, 3.8) is 0 Å². The lowest BCUT2D eigenvalue weighted by Crippen LogP contribution is -2.42. The van der Waals surface area contributed by atoms with Gasteiger partial charge in [-0.05, 0) is 38.1 Å². The predicted octanol–water partition coefficient (Wildman–Crippen LogP) is 2.29. The Morgan fingerprint density at radius 1 is 1.31 bits per heavy atom. The van der Waals surface area contributed by atoms with Gasteiger partial charge >= 0.3 is 0 Å². The summed E-state index contributed by atoms with van der Waals surface area (Å²) in [6, 6.07) is 12.1. The largest absolute Gasteiger partial charge is 0.483 e. The van der Waals surface area contributed by atoms with Crippen molar-refractivity contribution in [2.75, 3.05) is 6.54 Å². The summed E-state index contributed by atoms with van der Waals surface area (Å²) < 4.78 is 7.65. The number of hydrogen-bond donors (Lipinski definition) is 1. The molecular weight excluding hydrogens is 330 g/mol. The van der Waals surface area contributed by atoms with Gasteiger partial charge in [0.25, 0.3) is 5.56 Å². The smallest absolute Gasteiger partial charge is 0.255 e. The van der Waals surface area contributed by atoms with Crippen molar-refractivity contribution in [1.29, 1.82) is 5.26 Å². The normalized spacial score (nSPS) is 14.8. The fraction of sp³-hybridized carbons (Fsp3) is 0.250. The third kappa shape index (κ3) is 3.11. The van der Waals surface area contributed by atoms with Crippen molar-refractivity contribution < 1.29 is 9.53 Å². The standard InChI is InChI=1S/C20H19N3O3/c1-13(24)22-12-16-19(23-9-5-4-6-18(23)25)15-10-14(11-21)7-8-17(15)26-20(16,2)3/h4-10H,12H2,1-3H3,(H,22,24).